The lowest BCUT2D eigenvalue weighted by Gasteiger charge is -2.43. The molecule has 20 heavy (non-hydrogen) atoms. The summed E-state index contributed by atoms with van der Waals surface area (Å²) in [5.41, 5.74) is 1.02. The minimum absolute atomic E-state index is 0.389. The Balaban J connectivity index is 2.10. The highest BCUT2D eigenvalue weighted by Gasteiger charge is 2.41. The van der Waals surface area contributed by atoms with Gasteiger partial charge in [-0.3, -0.25) is 0 Å². The summed E-state index contributed by atoms with van der Waals surface area (Å²) < 4.78 is 27.1. The lowest BCUT2D eigenvalue weighted by atomic mass is 9.60. The highest BCUT2D eigenvalue weighted by molar-refractivity contribution is 5.45. The summed E-state index contributed by atoms with van der Waals surface area (Å²) in [4.78, 5) is 0. The maximum absolute atomic E-state index is 13.6. The Labute approximate surface area is 115 Å². The molecular weight excluding hydrogens is 262 g/mol. The molecule has 1 aliphatic carbocycles. The Morgan fingerprint density at radius 3 is 1.55 bits per heavy atom. The van der Waals surface area contributed by atoms with Crippen molar-refractivity contribution in [3.63, 3.8) is 0 Å². The molecule has 0 atom stereocenters. The van der Waals surface area contributed by atoms with Gasteiger partial charge in [-0.2, -0.15) is 0 Å². The summed E-state index contributed by atoms with van der Waals surface area (Å²) >= 11 is 0. The van der Waals surface area contributed by atoms with Crippen molar-refractivity contribution in [1.82, 2.24) is 0 Å². The first-order valence-electron chi connectivity index (χ1n) is 6.51. The Morgan fingerprint density at radius 2 is 1.25 bits per heavy atom. The topological polar surface area (TPSA) is 40.5 Å². The summed E-state index contributed by atoms with van der Waals surface area (Å²) in [6.07, 6.45) is 2.56. The van der Waals surface area contributed by atoms with Crippen LogP contribution in [0, 0.1) is 11.6 Å². The Hall–Kier alpha value is -2.10. The Kier molecular flexibility index (Phi) is 2.89. The second-order valence-corrected chi connectivity index (χ2v) is 5.27. The monoisotopic (exact) mass is 276 g/mol. The van der Waals surface area contributed by atoms with Crippen molar-refractivity contribution in [1.29, 1.82) is 0 Å². The van der Waals surface area contributed by atoms with E-state index in [9.17, 15) is 19.0 Å². The van der Waals surface area contributed by atoms with Gasteiger partial charge in [0.2, 0.25) is 0 Å². The predicted molar refractivity (Wildman–Crippen MR) is 70.8 cm³/mol. The molecule has 2 aromatic carbocycles. The maximum atomic E-state index is 13.6. The van der Waals surface area contributed by atoms with E-state index in [0.29, 0.717) is 0 Å². The fraction of sp³-hybridized carbons (Fsp3) is 0.250. The number of rotatable bonds is 2. The van der Waals surface area contributed by atoms with Crippen LogP contribution in [-0.2, 0) is 5.41 Å². The number of hydrogen-bond donors (Lipinski definition) is 2. The average Bonchev–Trinajstić information content (AvgIpc) is 2.36. The van der Waals surface area contributed by atoms with Crippen molar-refractivity contribution in [2.45, 2.75) is 24.7 Å². The van der Waals surface area contributed by atoms with Crippen LogP contribution in [0.3, 0.4) is 0 Å². The first-order chi connectivity index (χ1) is 9.53. The average molecular weight is 276 g/mol. The molecule has 0 aromatic heterocycles. The van der Waals surface area contributed by atoms with E-state index in [1.807, 2.05) is 0 Å². The molecule has 2 N–H and O–H groups in total. The molecule has 3 rings (SSSR count). The second-order valence-electron chi connectivity index (χ2n) is 5.27. The van der Waals surface area contributed by atoms with Gasteiger partial charge in [-0.05, 0) is 48.2 Å². The van der Waals surface area contributed by atoms with E-state index >= 15 is 0 Å². The van der Waals surface area contributed by atoms with Crippen molar-refractivity contribution < 1.29 is 19.0 Å². The zero-order valence-electron chi connectivity index (χ0n) is 10.7. The summed E-state index contributed by atoms with van der Waals surface area (Å²) in [5.74, 6) is -2.12. The number of benzene rings is 2. The van der Waals surface area contributed by atoms with E-state index in [1.54, 1.807) is 12.1 Å². The van der Waals surface area contributed by atoms with Crippen LogP contribution < -0.4 is 0 Å². The highest BCUT2D eigenvalue weighted by atomic mass is 19.1. The third-order valence-corrected chi connectivity index (χ3v) is 4.21. The summed E-state index contributed by atoms with van der Waals surface area (Å²) in [5, 5.41) is 18.6. The van der Waals surface area contributed by atoms with Gasteiger partial charge in [0.1, 0.15) is 0 Å². The molecule has 104 valence electrons. The number of phenolic OH excluding ortho intramolecular Hbond substituents is 2. The highest BCUT2D eigenvalue weighted by Crippen LogP contribution is 2.49. The summed E-state index contributed by atoms with van der Waals surface area (Å²) in [7, 11) is 0. The smallest absolute Gasteiger partial charge is 0.165 e. The molecule has 2 aromatic rings. The fourth-order valence-corrected chi connectivity index (χ4v) is 2.88. The van der Waals surface area contributed by atoms with Gasteiger partial charge >= 0.3 is 0 Å². The minimum atomic E-state index is -0.673. The normalized spacial score (nSPS) is 16.7. The van der Waals surface area contributed by atoms with E-state index in [4.69, 9.17) is 0 Å². The summed E-state index contributed by atoms with van der Waals surface area (Å²) in [6.45, 7) is 0. The van der Waals surface area contributed by atoms with Gasteiger partial charge in [0.25, 0.3) is 0 Å². The van der Waals surface area contributed by atoms with Crippen molar-refractivity contribution in [3.05, 3.63) is 59.2 Å². The van der Waals surface area contributed by atoms with Gasteiger partial charge in [-0.15, -0.1) is 0 Å². The molecule has 4 heteroatoms. The number of hydrogen-bond acceptors (Lipinski definition) is 2. The van der Waals surface area contributed by atoms with E-state index in [-0.39, 0.29) is 11.5 Å². The molecule has 2 nitrogen and oxygen atoms in total. The molecule has 0 bridgehead atoms. The van der Waals surface area contributed by atoms with Crippen molar-refractivity contribution >= 4 is 0 Å². The molecular formula is C16H14F2O2. The van der Waals surface area contributed by atoms with E-state index in [0.717, 1.165) is 30.4 Å². The van der Waals surface area contributed by atoms with Crippen LogP contribution >= 0.6 is 0 Å². The molecule has 1 saturated carbocycles. The lowest BCUT2D eigenvalue weighted by molar-refractivity contribution is 0.297. The van der Waals surface area contributed by atoms with Crippen LogP contribution in [0.15, 0.2) is 36.4 Å². The molecule has 0 saturated heterocycles. The maximum Gasteiger partial charge on any atom is 0.165 e. The molecule has 0 unspecified atom stereocenters. The third-order valence-electron chi connectivity index (χ3n) is 4.21. The minimum Gasteiger partial charge on any atom is -0.505 e. The Morgan fingerprint density at radius 1 is 0.800 bits per heavy atom. The van der Waals surface area contributed by atoms with Crippen LogP contribution in [0.1, 0.15) is 30.4 Å². The predicted octanol–water partition coefficient (Wildman–Crippen LogP) is 3.85. The molecule has 1 fully saturated rings. The standard InChI is InChI=1S/C16H14F2O2/c17-12-8-10(2-4-14(12)19)16(6-1-7-16)11-3-5-15(20)13(18)9-11/h2-5,8-9,19-20H,1,6-7H2. The molecule has 0 aliphatic heterocycles. The largest absolute Gasteiger partial charge is 0.505 e. The summed E-state index contributed by atoms with van der Waals surface area (Å²) in [6, 6.07) is 8.59. The number of phenols is 2. The molecule has 0 radical (unpaired) electrons. The first-order valence-corrected chi connectivity index (χ1v) is 6.51. The van der Waals surface area contributed by atoms with E-state index in [1.165, 1.54) is 24.3 Å². The van der Waals surface area contributed by atoms with Gasteiger partial charge in [0, 0.05) is 5.41 Å². The van der Waals surface area contributed by atoms with Gasteiger partial charge in [0.05, 0.1) is 0 Å². The van der Waals surface area contributed by atoms with Gasteiger partial charge in [-0.25, -0.2) is 8.78 Å². The van der Waals surface area contributed by atoms with Crippen molar-refractivity contribution in [3.8, 4) is 11.5 Å². The molecule has 0 heterocycles. The molecule has 0 amide bonds. The van der Waals surface area contributed by atoms with Crippen LogP contribution in [0.25, 0.3) is 0 Å². The molecule has 0 spiro atoms. The third kappa shape index (κ3) is 1.83. The van der Waals surface area contributed by atoms with E-state index < -0.39 is 17.0 Å². The van der Waals surface area contributed by atoms with Gasteiger partial charge in [0.15, 0.2) is 23.1 Å². The van der Waals surface area contributed by atoms with Crippen molar-refractivity contribution in [2.24, 2.45) is 0 Å². The molecule has 1 aliphatic rings. The van der Waals surface area contributed by atoms with Gasteiger partial charge < -0.3 is 10.2 Å². The zero-order chi connectivity index (χ0) is 14.3. The van der Waals surface area contributed by atoms with Crippen LogP contribution in [-0.4, -0.2) is 10.2 Å². The lowest BCUT2D eigenvalue weighted by Crippen LogP contribution is -2.35. The van der Waals surface area contributed by atoms with Crippen LogP contribution in [0.2, 0.25) is 0 Å². The first kappa shape index (κ1) is 12.9. The van der Waals surface area contributed by atoms with Crippen LogP contribution in [0.4, 0.5) is 8.78 Å². The number of aromatic hydroxyl groups is 2. The second kappa shape index (κ2) is 4.47. The van der Waals surface area contributed by atoms with Gasteiger partial charge in [-0.1, -0.05) is 18.6 Å². The van der Waals surface area contributed by atoms with Crippen LogP contribution in [0.5, 0.6) is 11.5 Å². The Bertz CT molecular complexity index is 610. The fourth-order valence-electron chi connectivity index (χ4n) is 2.88. The van der Waals surface area contributed by atoms with Crippen molar-refractivity contribution in [2.75, 3.05) is 0 Å². The number of halogens is 2. The SMILES string of the molecule is Oc1ccc(C2(c3ccc(O)c(F)c3)CCC2)cc1F. The van der Waals surface area contributed by atoms with E-state index in [2.05, 4.69) is 0 Å². The zero-order valence-corrected chi connectivity index (χ0v) is 10.7. The quantitative estimate of drug-likeness (QED) is 0.874.